The molecule has 0 aliphatic rings. The van der Waals surface area contributed by atoms with Crippen molar-refractivity contribution < 1.29 is 18.1 Å². The molecule has 0 radical (unpaired) electrons. The Morgan fingerprint density at radius 1 is 1.29 bits per heavy atom. The van der Waals surface area contributed by atoms with Gasteiger partial charge in [0, 0.05) is 6.54 Å². The second-order valence-electron chi connectivity index (χ2n) is 3.31. The van der Waals surface area contributed by atoms with E-state index in [4.69, 9.17) is 27.8 Å². The molecular weight excluding hydrogens is 289 g/mol. The van der Waals surface area contributed by atoms with E-state index in [9.17, 15) is 13.5 Å². The molecule has 0 fully saturated rings. The number of anilines is 1. The Morgan fingerprint density at radius 3 is 2.12 bits per heavy atom. The molecule has 5 nitrogen and oxygen atoms in total. The molecule has 17 heavy (non-hydrogen) atoms. The lowest BCUT2D eigenvalue weighted by Gasteiger charge is -2.20. The molecule has 1 aromatic rings. The van der Waals surface area contributed by atoms with Crippen LogP contribution in [-0.4, -0.2) is 24.6 Å². The van der Waals surface area contributed by atoms with Crippen LogP contribution in [0.5, 0.6) is 5.75 Å². The van der Waals surface area contributed by atoms with Crippen LogP contribution in [-0.2, 0) is 10.3 Å². The fourth-order valence-corrected chi connectivity index (χ4v) is 2.54. The van der Waals surface area contributed by atoms with Crippen molar-refractivity contribution in [1.29, 1.82) is 0 Å². The summed E-state index contributed by atoms with van der Waals surface area (Å²) in [6.45, 7) is 1.83. The number of halogens is 2. The SMILES string of the molecule is CCCN(c1cc(Cl)c(O)c(Cl)c1)S(=O)(=O)O. The fourth-order valence-electron chi connectivity index (χ4n) is 1.28. The molecule has 0 aliphatic carbocycles. The lowest BCUT2D eigenvalue weighted by molar-refractivity contribution is 0.473. The monoisotopic (exact) mass is 299 g/mol. The molecule has 0 saturated carbocycles. The summed E-state index contributed by atoms with van der Waals surface area (Å²) in [6.07, 6.45) is 0.496. The third-order valence-corrected chi connectivity index (χ3v) is 3.52. The van der Waals surface area contributed by atoms with Gasteiger partial charge in [-0.25, -0.2) is 4.31 Å². The Bertz CT molecular complexity index is 495. The highest BCUT2D eigenvalue weighted by atomic mass is 35.5. The van der Waals surface area contributed by atoms with Crippen molar-refractivity contribution in [2.45, 2.75) is 13.3 Å². The summed E-state index contributed by atoms with van der Waals surface area (Å²) in [4.78, 5) is 0. The van der Waals surface area contributed by atoms with Crippen LogP contribution < -0.4 is 4.31 Å². The molecule has 0 spiro atoms. The summed E-state index contributed by atoms with van der Waals surface area (Å²) in [5, 5.41) is 9.18. The third-order valence-electron chi connectivity index (χ3n) is 1.99. The molecule has 96 valence electrons. The number of phenols is 1. The highest BCUT2D eigenvalue weighted by Crippen LogP contribution is 2.36. The summed E-state index contributed by atoms with van der Waals surface area (Å²) in [5.41, 5.74) is 0.0992. The van der Waals surface area contributed by atoms with Gasteiger partial charge in [0.15, 0.2) is 5.75 Å². The first kappa shape index (κ1) is 14.4. The van der Waals surface area contributed by atoms with Crippen LogP contribution in [0.3, 0.4) is 0 Å². The molecule has 0 atom stereocenters. The Balaban J connectivity index is 3.30. The lowest BCUT2D eigenvalue weighted by Crippen LogP contribution is -2.30. The topological polar surface area (TPSA) is 77.8 Å². The zero-order valence-electron chi connectivity index (χ0n) is 8.89. The van der Waals surface area contributed by atoms with E-state index in [-0.39, 0.29) is 28.0 Å². The predicted octanol–water partition coefficient (Wildman–Crippen LogP) is 2.72. The number of benzene rings is 1. The molecule has 0 heterocycles. The molecule has 0 unspecified atom stereocenters. The first-order valence-corrected chi connectivity index (χ1v) is 6.85. The van der Waals surface area contributed by atoms with Gasteiger partial charge in [-0.15, -0.1) is 0 Å². The van der Waals surface area contributed by atoms with Gasteiger partial charge in [0.2, 0.25) is 0 Å². The second kappa shape index (κ2) is 5.30. The van der Waals surface area contributed by atoms with Crippen LogP contribution in [0.2, 0.25) is 10.0 Å². The normalized spacial score (nSPS) is 11.5. The van der Waals surface area contributed by atoms with E-state index in [2.05, 4.69) is 0 Å². The molecule has 0 aromatic heterocycles. The summed E-state index contributed by atoms with van der Waals surface area (Å²) in [6, 6.07) is 2.43. The standard InChI is InChI=1S/C9H11Cl2NO4S/c1-2-3-12(17(14,15)16)6-4-7(10)9(13)8(11)5-6/h4-5,13H,2-3H2,1H3,(H,14,15,16). The van der Waals surface area contributed by atoms with Crippen molar-refractivity contribution in [3.63, 3.8) is 0 Å². The minimum absolute atomic E-state index is 0.0796. The molecular formula is C9H11Cl2NO4S. The lowest BCUT2D eigenvalue weighted by atomic mass is 10.3. The van der Waals surface area contributed by atoms with Crippen LogP contribution >= 0.6 is 23.2 Å². The van der Waals surface area contributed by atoms with Crippen LogP contribution in [0, 0.1) is 0 Å². The Labute approximate surface area is 109 Å². The maximum absolute atomic E-state index is 11.2. The smallest absolute Gasteiger partial charge is 0.359 e. The first-order valence-electron chi connectivity index (χ1n) is 4.70. The van der Waals surface area contributed by atoms with Gasteiger partial charge in [0.25, 0.3) is 0 Å². The van der Waals surface area contributed by atoms with E-state index in [0.29, 0.717) is 6.42 Å². The van der Waals surface area contributed by atoms with Gasteiger partial charge in [-0.1, -0.05) is 30.1 Å². The molecule has 1 rings (SSSR count). The summed E-state index contributed by atoms with van der Waals surface area (Å²) >= 11 is 11.4. The predicted molar refractivity (Wildman–Crippen MR) is 67.3 cm³/mol. The fraction of sp³-hybridized carbons (Fsp3) is 0.333. The van der Waals surface area contributed by atoms with Crippen LogP contribution in [0.4, 0.5) is 5.69 Å². The Morgan fingerprint density at radius 2 is 1.76 bits per heavy atom. The zero-order valence-corrected chi connectivity index (χ0v) is 11.2. The van der Waals surface area contributed by atoms with E-state index in [0.717, 1.165) is 4.31 Å². The summed E-state index contributed by atoms with van der Waals surface area (Å²) in [7, 11) is -4.39. The summed E-state index contributed by atoms with van der Waals surface area (Å²) in [5.74, 6) is -0.330. The van der Waals surface area contributed by atoms with E-state index < -0.39 is 10.3 Å². The van der Waals surface area contributed by atoms with Crippen LogP contribution in [0.1, 0.15) is 13.3 Å². The molecule has 0 bridgehead atoms. The molecule has 0 aliphatic heterocycles. The highest BCUT2D eigenvalue weighted by Gasteiger charge is 2.20. The number of rotatable bonds is 4. The average molecular weight is 300 g/mol. The minimum atomic E-state index is -4.39. The van der Waals surface area contributed by atoms with Gasteiger partial charge in [0.1, 0.15) is 0 Å². The molecule has 8 heteroatoms. The van der Waals surface area contributed by atoms with Gasteiger partial charge in [-0.3, -0.25) is 4.55 Å². The number of hydrogen-bond donors (Lipinski definition) is 2. The number of phenolic OH excluding ortho intramolecular Hbond substituents is 1. The molecule has 0 amide bonds. The van der Waals surface area contributed by atoms with Gasteiger partial charge in [0.05, 0.1) is 15.7 Å². The van der Waals surface area contributed by atoms with Crippen molar-refractivity contribution in [3.8, 4) is 5.75 Å². The first-order chi connectivity index (χ1) is 7.77. The van der Waals surface area contributed by atoms with Gasteiger partial charge in [-0.2, -0.15) is 8.42 Å². The van der Waals surface area contributed by atoms with E-state index >= 15 is 0 Å². The van der Waals surface area contributed by atoms with Gasteiger partial charge in [-0.05, 0) is 18.6 Å². The van der Waals surface area contributed by atoms with E-state index in [1.165, 1.54) is 12.1 Å². The quantitative estimate of drug-likeness (QED) is 0.838. The number of aromatic hydroxyl groups is 1. The maximum atomic E-state index is 11.2. The van der Waals surface area contributed by atoms with Crippen molar-refractivity contribution in [3.05, 3.63) is 22.2 Å². The third kappa shape index (κ3) is 3.38. The van der Waals surface area contributed by atoms with Gasteiger partial charge >= 0.3 is 10.3 Å². The Kier molecular flexibility index (Phi) is 4.48. The minimum Gasteiger partial charge on any atom is -0.505 e. The Hall–Kier alpha value is -0.690. The number of hydrogen-bond acceptors (Lipinski definition) is 3. The molecule has 1 aromatic carbocycles. The molecule has 0 saturated heterocycles. The molecule has 2 N–H and O–H groups in total. The maximum Gasteiger partial charge on any atom is 0.359 e. The van der Waals surface area contributed by atoms with Crippen LogP contribution in [0.15, 0.2) is 12.1 Å². The van der Waals surface area contributed by atoms with Crippen molar-refractivity contribution in [1.82, 2.24) is 0 Å². The van der Waals surface area contributed by atoms with Crippen molar-refractivity contribution in [2.75, 3.05) is 10.8 Å². The van der Waals surface area contributed by atoms with Gasteiger partial charge < -0.3 is 5.11 Å². The van der Waals surface area contributed by atoms with Crippen LogP contribution in [0.25, 0.3) is 0 Å². The largest absolute Gasteiger partial charge is 0.505 e. The number of nitrogens with zero attached hydrogens (tertiary/aromatic N) is 1. The van der Waals surface area contributed by atoms with Crippen molar-refractivity contribution >= 4 is 39.2 Å². The summed E-state index contributed by atoms with van der Waals surface area (Å²) < 4.78 is 32.1. The van der Waals surface area contributed by atoms with E-state index in [1.54, 1.807) is 6.92 Å². The van der Waals surface area contributed by atoms with Crippen molar-refractivity contribution in [2.24, 2.45) is 0 Å². The average Bonchev–Trinajstić information content (AvgIpc) is 2.20. The highest BCUT2D eigenvalue weighted by molar-refractivity contribution is 7.87. The van der Waals surface area contributed by atoms with E-state index in [1.807, 2.05) is 0 Å². The zero-order chi connectivity index (χ0) is 13.2. The second-order valence-corrected chi connectivity index (χ2v) is 5.46.